The van der Waals surface area contributed by atoms with Crippen LogP contribution in [0, 0.1) is 0 Å². The van der Waals surface area contributed by atoms with Crippen molar-refractivity contribution in [3.8, 4) is 5.69 Å². The number of hydrogen-bond acceptors (Lipinski definition) is 3. The van der Waals surface area contributed by atoms with E-state index in [-0.39, 0.29) is 0 Å². The van der Waals surface area contributed by atoms with Crippen LogP contribution in [0.15, 0.2) is 41.6 Å². The number of benzene rings is 1. The first-order valence-electron chi connectivity index (χ1n) is 7.14. The molecule has 3 nitrogen and oxygen atoms in total. The monoisotopic (exact) mass is 288 g/mol. The molecule has 1 N–H and O–H groups in total. The van der Waals surface area contributed by atoms with Crippen LogP contribution >= 0.6 is 11.8 Å². The van der Waals surface area contributed by atoms with Gasteiger partial charge in [-0.15, -0.1) is 11.8 Å². The van der Waals surface area contributed by atoms with E-state index >= 15 is 0 Å². The van der Waals surface area contributed by atoms with Gasteiger partial charge in [-0.05, 0) is 43.4 Å². The Morgan fingerprint density at radius 2 is 1.85 bits per heavy atom. The van der Waals surface area contributed by atoms with Gasteiger partial charge in [0.25, 0.3) is 0 Å². The third-order valence-electron chi connectivity index (χ3n) is 4.09. The summed E-state index contributed by atoms with van der Waals surface area (Å²) in [7, 11) is 0. The van der Waals surface area contributed by atoms with Gasteiger partial charge in [-0.3, -0.25) is 0 Å². The quantitative estimate of drug-likeness (QED) is 0.874. The average Bonchev–Trinajstić information content (AvgIpc) is 2.98. The van der Waals surface area contributed by atoms with Crippen LogP contribution in [0.4, 0.5) is 0 Å². The summed E-state index contributed by atoms with van der Waals surface area (Å²) in [5.41, 5.74) is 0.300. The number of rotatable bonds is 3. The maximum absolute atomic E-state index is 10.9. The zero-order valence-electron chi connectivity index (χ0n) is 11.7. The van der Waals surface area contributed by atoms with E-state index in [0.717, 1.165) is 37.2 Å². The molecule has 1 aliphatic carbocycles. The topological polar surface area (TPSA) is 38.0 Å². The van der Waals surface area contributed by atoms with Crippen LogP contribution in [0.5, 0.6) is 0 Å². The lowest BCUT2D eigenvalue weighted by atomic mass is 9.84. The van der Waals surface area contributed by atoms with Crippen molar-refractivity contribution in [2.45, 2.75) is 42.6 Å². The minimum absolute atomic E-state index is 0.764. The Hall–Kier alpha value is -1.26. The van der Waals surface area contributed by atoms with Crippen LogP contribution in [0.2, 0.25) is 0 Å². The fraction of sp³-hybridized carbons (Fsp3) is 0.438. The van der Waals surface area contributed by atoms with Gasteiger partial charge >= 0.3 is 0 Å². The van der Waals surface area contributed by atoms with Crippen molar-refractivity contribution in [1.82, 2.24) is 9.55 Å². The van der Waals surface area contributed by atoms with Gasteiger partial charge in [-0.25, -0.2) is 4.98 Å². The normalized spacial score (nSPS) is 18.1. The molecule has 4 heteroatoms. The van der Waals surface area contributed by atoms with Gasteiger partial charge in [0.1, 0.15) is 11.4 Å². The Balaban J connectivity index is 1.96. The predicted octanol–water partition coefficient (Wildman–Crippen LogP) is 3.75. The molecule has 106 valence electrons. The van der Waals surface area contributed by atoms with E-state index in [1.54, 1.807) is 18.0 Å². The van der Waals surface area contributed by atoms with Gasteiger partial charge in [-0.2, -0.15) is 0 Å². The molecule has 0 radical (unpaired) electrons. The van der Waals surface area contributed by atoms with Crippen LogP contribution in [-0.4, -0.2) is 20.9 Å². The minimum atomic E-state index is -0.764. The fourth-order valence-electron chi connectivity index (χ4n) is 2.96. The summed E-state index contributed by atoms with van der Waals surface area (Å²) in [5.74, 6) is 0.786. The molecule has 0 saturated heterocycles. The van der Waals surface area contributed by atoms with E-state index in [2.05, 4.69) is 35.5 Å². The zero-order valence-corrected chi connectivity index (χ0v) is 12.6. The van der Waals surface area contributed by atoms with Crippen LogP contribution in [0.3, 0.4) is 0 Å². The van der Waals surface area contributed by atoms with Crippen molar-refractivity contribution in [2.75, 3.05) is 6.26 Å². The number of aliphatic hydroxyl groups is 1. The van der Waals surface area contributed by atoms with Gasteiger partial charge in [-0.1, -0.05) is 19.3 Å². The van der Waals surface area contributed by atoms with E-state index in [1.165, 1.54) is 11.3 Å². The van der Waals surface area contributed by atoms with Crippen LogP contribution in [-0.2, 0) is 5.60 Å². The Bertz CT molecular complexity index is 570. The summed E-state index contributed by atoms with van der Waals surface area (Å²) in [6.45, 7) is 0. The smallest absolute Gasteiger partial charge is 0.145 e. The van der Waals surface area contributed by atoms with Crippen LogP contribution < -0.4 is 0 Å². The maximum atomic E-state index is 10.9. The largest absolute Gasteiger partial charge is 0.382 e. The highest BCUT2D eigenvalue weighted by atomic mass is 32.2. The third kappa shape index (κ3) is 2.50. The van der Waals surface area contributed by atoms with Gasteiger partial charge in [0, 0.05) is 23.0 Å². The third-order valence-corrected chi connectivity index (χ3v) is 4.83. The van der Waals surface area contributed by atoms with Gasteiger partial charge in [0.2, 0.25) is 0 Å². The maximum Gasteiger partial charge on any atom is 0.145 e. The summed E-state index contributed by atoms with van der Waals surface area (Å²) in [4.78, 5) is 5.68. The first-order chi connectivity index (χ1) is 9.73. The molecule has 1 saturated carbocycles. The molecule has 0 bridgehead atoms. The number of imidazole rings is 1. The molecule has 0 spiro atoms. The molecule has 2 aromatic rings. The first-order valence-corrected chi connectivity index (χ1v) is 8.36. The van der Waals surface area contributed by atoms with E-state index in [4.69, 9.17) is 0 Å². The molecule has 1 aromatic carbocycles. The number of thioether (sulfide) groups is 1. The van der Waals surface area contributed by atoms with E-state index in [9.17, 15) is 5.11 Å². The van der Waals surface area contributed by atoms with E-state index in [0.29, 0.717) is 0 Å². The average molecular weight is 288 g/mol. The molecule has 1 aliphatic rings. The highest BCUT2D eigenvalue weighted by molar-refractivity contribution is 7.98. The lowest BCUT2D eigenvalue weighted by Crippen LogP contribution is -2.31. The second-order valence-electron chi connectivity index (χ2n) is 5.41. The summed E-state index contributed by atoms with van der Waals surface area (Å²) < 4.78 is 2.02. The summed E-state index contributed by atoms with van der Waals surface area (Å²) in [5, 5.41) is 10.9. The predicted molar refractivity (Wildman–Crippen MR) is 82.3 cm³/mol. The second kappa shape index (κ2) is 5.62. The Kier molecular flexibility index (Phi) is 3.85. The highest BCUT2D eigenvalue weighted by Crippen LogP contribution is 2.36. The summed E-state index contributed by atoms with van der Waals surface area (Å²) in [6, 6.07) is 8.38. The molecular formula is C16H20N2OS. The lowest BCUT2D eigenvalue weighted by Gasteiger charge is -2.31. The van der Waals surface area contributed by atoms with Gasteiger partial charge in [0.05, 0.1) is 0 Å². The Morgan fingerprint density at radius 1 is 1.15 bits per heavy atom. The standard InChI is InChI=1S/C16H20N2OS/c1-20-14-7-5-13(6-8-14)18-12-11-17-15(18)16(19)9-3-2-4-10-16/h5-8,11-12,19H,2-4,9-10H2,1H3. The molecule has 1 heterocycles. The molecular weight excluding hydrogens is 268 g/mol. The Morgan fingerprint density at radius 3 is 2.50 bits per heavy atom. The molecule has 20 heavy (non-hydrogen) atoms. The van der Waals surface area contributed by atoms with Crippen molar-refractivity contribution < 1.29 is 5.11 Å². The zero-order chi connectivity index (χ0) is 14.0. The van der Waals surface area contributed by atoms with Crippen LogP contribution in [0.25, 0.3) is 5.69 Å². The van der Waals surface area contributed by atoms with Crippen molar-refractivity contribution in [1.29, 1.82) is 0 Å². The van der Waals surface area contributed by atoms with Crippen LogP contribution in [0.1, 0.15) is 37.9 Å². The molecule has 0 atom stereocenters. The van der Waals surface area contributed by atoms with Crippen molar-refractivity contribution >= 4 is 11.8 Å². The summed E-state index contributed by atoms with van der Waals surface area (Å²) >= 11 is 1.73. The van der Waals surface area contributed by atoms with Gasteiger partial charge in [0.15, 0.2) is 0 Å². The number of aromatic nitrogens is 2. The van der Waals surface area contributed by atoms with Crippen molar-refractivity contribution in [3.05, 3.63) is 42.5 Å². The first kappa shape index (κ1) is 13.7. The molecule has 0 unspecified atom stereocenters. The number of hydrogen-bond donors (Lipinski definition) is 1. The Labute approximate surface area is 124 Å². The molecule has 3 rings (SSSR count). The summed E-state index contributed by atoms with van der Waals surface area (Å²) in [6.07, 6.45) is 10.8. The van der Waals surface area contributed by atoms with Gasteiger partial charge < -0.3 is 9.67 Å². The molecule has 0 amide bonds. The molecule has 1 aromatic heterocycles. The SMILES string of the molecule is CSc1ccc(-n2ccnc2C2(O)CCCCC2)cc1. The highest BCUT2D eigenvalue weighted by Gasteiger charge is 2.35. The lowest BCUT2D eigenvalue weighted by molar-refractivity contribution is -0.0101. The van der Waals surface area contributed by atoms with Crippen molar-refractivity contribution in [2.24, 2.45) is 0 Å². The number of nitrogens with zero attached hydrogens (tertiary/aromatic N) is 2. The van der Waals surface area contributed by atoms with Crippen molar-refractivity contribution in [3.63, 3.8) is 0 Å². The van der Waals surface area contributed by atoms with E-state index in [1.807, 2.05) is 10.8 Å². The molecule has 0 aliphatic heterocycles. The molecule has 1 fully saturated rings. The minimum Gasteiger partial charge on any atom is -0.382 e. The fourth-order valence-corrected chi connectivity index (χ4v) is 3.37. The van der Waals surface area contributed by atoms with E-state index < -0.39 is 5.60 Å². The second-order valence-corrected chi connectivity index (χ2v) is 6.29.